The molecule has 0 fully saturated rings. The molecule has 1 aliphatic heterocycles. The fourth-order valence-electron chi connectivity index (χ4n) is 2.64. The summed E-state index contributed by atoms with van der Waals surface area (Å²) in [6.07, 6.45) is -0.131. The zero-order valence-corrected chi connectivity index (χ0v) is 16.3. The second-order valence-corrected chi connectivity index (χ2v) is 6.43. The molecule has 0 unspecified atom stereocenters. The number of nitrogens with zero attached hydrogens (tertiary/aromatic N) is 1. The van der Waals surface area contributed by atoms with E-state index < -0.39 is 29.3 Å². The van der Waals surface area contributed by atoms with Crippen LogP contribution in [0.3, 0.4) is 0 Å². The number of nitro benzene ring substituents is 1. The van der Waals surface area contributed by atoms with Gasteiger partial charge >= 0.3 is 5.97 Å². The first-order valence-corrected chi connectivity index (χ1v) is 9.26. The van der Waals surface area contributed by atoms with Crippen LogP contribution in [0, 0.1) is 10.1 Å². The van der Waals surface area contributed by atoms with Crippen LogP contribution in [0.5, 0.6) is 11.5 Å². The van der Waals surface area contributed by atoms with E-state index in [1.165, 1.54) is 24.3 Å². The maximum absolute atomic E-state index is 12.0. The molecule has 0 saturated heterocycles. The molecule has 0 aromatic heterocycles. The van der Waals surface area contributed by atoms with Gasteiger partial charge in [-0.3, -0.25) is 24.5 Å². The molecule has 2 aromatic rings. The van der Waals surface area contributed by atoms with Gasteiger partial charge in [-0.1, -0.05) is 6.07 Å². The van der Waals surface area contributed by atoms with Gasteiger partial charge in [0.15, 0.2) is 18.1 Å². The third-order valence-corrected chi connectivity index (χ3v) is 4.25. The molecule has 2 amide bonds. The normalized spacial score (nSPS) is 11.5. The van der Waals surface area contributed by atoms with Crippen LogP contribution >= 0.6 is 0 Å². The number of hydrogen-bond donors (Lipinski definition) is 2. The van der Waals surface area contributed by atoms with Gasteiger partial charge in [0.05, 0.1) is 11.3 Å². The number of carbonyl (C=O) groups excluding carboxylic acids is 3. The largest absolute Gasteiger partial charge is 0.456 e. The highest BCUT2D eigenvalue weighted by molar-refractivity contribution is 5.94. The van der Waals surface area contributed by atoms with E-state index in [1.54, 1.807) is 18.2 Å². The fourth-order valence-corrected chi connectivity index (χ4v) is 2.64. The molecule has 0 saturated carbocycles. The summed E-state index contributed by atoms with van der Waals surface area (Å²) in [7, 11) is 0. The Labute approximate surface area is 176 Å². The predicted molar refractivity (Wildman–Crippen MR) is 105 cm³/mol. The number of nitro groups is 1. The van der Waals surface area contributed by atoms with E-state index in [0.29, 0.717) is 11.5 Å². The molecule has 0 bridgehead atoms. The van der Waals surface area contributed by atoms with Gasteiger partial charge in [0.1, 0.15) is 0 Å². The average molecular weight is 429 g/mol. The molecule has 11 heteroatoms. The Bertz CT molecular complexity index is 990. The van der Waals surface area contributed by atoms with Crippen molar-refractivity contribution < 1.29 is 33.5 Å². The predicted octanol–water partition coefficient (Wildman–Crippen LogP) is 1.30. The van der Waals surface area contributed by atoms with Crippen molar-refractivity contribution in [2.45, 2.75) is 13.0 Å². The molecule has 3 rings (SSSR count). The molecular formula is C20H19N3O8. The van der Waals surface area contributed by atoms with Crippen molar-refractivity contribution in [1.82, 2.24) is 10.6 Å². The summed E-state index contributed by atoms with van der Waals surface area (Å²) in [5.41, 5.74) is 0.900. The molecule has 2 N–H and O–H groups in total. The van der Waals surface area contributed by atoms with Crippen molar-refractivity contribution in [3.8, 4) is 11.5 Å². The maximum Gasteiger partial charge on any atom is 0.308 e. The summed E-state index contributed by atoms with van der Waals surface area (Å²) in [5.74, 6) is -0.356. The standard InChI is InChI=1S/C20H19N3O8/c24-18(22-10-13-1-6-16-17(9-13)31-12-30-16)11-29-19(25)7-8-21-20(26)14-2-4-15(5-3-14)23(27)28/h1-6,9H,7-8,10-12H2,(H,21,26)(H,22,24). The highest BCUT2D eigenvalue weighted by Gasteiger charge is 2.14. The number of nitrogens with one attached hydrogen (secondary N) is 2. The molecule has 0 spiro atoms. The van der Waals surface area contributed by atoms with Crippen LogP contribution in [-0.4, -0.2) is 42.7 Å². The first-order chi connectivity index (χ1) is 14.9. The van der Waals surface area contributed by atoms with Gasteiger partial charge in [-0.2, -0.15) is 0 Å². The number of esters is 1. The van der Waals surface area contributed by atoms with E-state index >= 15 is 0 Å². The molecular weight excluding hydrogens is 410 g/mol. The minimum atomic E-state index is -0.651. The Morgan fingerprint density at radius 2 is 1.77 bits per heavy atom. The average Bonchev–Trinajstić information content (AvgIpc) is 3.24. The summed E-state index contributed by atoms with van der Waals surface area (Å²) in [5, 5.41) is 15.7. The summed E-state index contributed by atoms with van der Waals surface area (Å²) >= 11 is 0. The number of fused-ring (bicyclic) bond motifs is 1. The van der Waals surface area contributed by atoms with Gasteiger partial charge in [-0.15, -0.1) is 0 Å². The van der Waals surface area contributed by atoms with E-state index in [-0.39, 0.29) is 37.6 Å². The van der Waals surface area contributed by atoms with E-state index in [0.717, 1.165) is 5.56 Å². The van der Waals surface area contributed by atoms with Gasteiger partial charge in [-0.25, -0.2) is 0 Å². The van der Waals surface area contributed by atoms with E-state index in [9.17, 15) is 24.5 Å². The summed E-state index contributed by atoms with van der Waals surface area (Å²) in [6, 6.07) is 10.3. The lowest BCUT2D eigenvalue weighted by Gasteiger charge is -2.08. The number of ether oxygens (including phenoxy) is 3. The van der Waals surface area contributed by atoms with Crippen LogP contribution in [0.1, 0.15) is 22.3 Å². The Kier molecular flexibility index (Phi) is 6.99. The third kappa shape index (κ3) is 6.16. The Balaban J connectivity index is 1.32. The number of amides is 2. The molecule has 0 atom stereocenters. The quantitative estimate of drug-likeness (QED) is 0.345. The monoisotopic (exact) mass is 429 g/mol. The smallest absolute Gasteiger partial charge is 0.308 e. The highest BCUT2D eigenvalue weighted by Crippen LogP contribution is 2.32. The van der Waals surface area contributed by atoms with E-state index in [1.807, 2.05) is 0 Å². The SMILES string of the molecule is O=C(COC(=O)CCNC(=O)c1ccc([N+](=O)[O-])cc1)NCc1ccc2c(c1)OCO2. The zero-order valence-electron chi connectivity index (χ0n) is 16.3. The summed E-state index contributed by atoms with van der Waals surface area (Å²) < 4.78 is 15.3. The first-order valence-electron chi connectivity index (χ1n) is 9.26. The molecule has 31 heavy (non-hydrogen) atoms. The van der Waals surface area contributed by atoms with E-state index in [4.69, 9.17) is 14.2 Å². The van der Waals surface area contributed by atoms with Crippen LogP contribution in [0.25, 0.3) is 0 Å². The van der Waals surface area contributed by atoms with Gasteiger partial charge in [0.2, 0.25) is 6.79 Å². The van der Waals surface area contributed by atoms with Crippen molar-refractivity contribution in [2.75, 3.05) is 19.9 Å². The lowest BCUT2D eigenvalue weighted by atomic mass is 10.2. The maximum atomic E-state index is 12.0. The number of benzene rings is 2. The van der Waals surface area contributed by atoms with Gasteiger partial charge < -0.3 is 24.8 Å². The molecule has 0 aliphatic carbocycles. The summed E-state index contributed by atoms with van der Waals surface area (Å²) in [6.45, 7) is -0.0547. The number of non-ortho nitro benzene ring substituents is 1. The number of hydrogen-bond acceptors (Lipinski definition) is 8. The Morgan fingerprint density at radius 1 is 1.03 bits per heavy atom. The lowest BCUT2D eigenvalue weighted by Crippen LogP contribution is -2.30. The van der Waals surface area contributed by atoms with Gasteiger partial charge in [-0.05, 0) is 29.8 Å². The van der Waals surface area contributed by atoms with E-state index in [2.05, 4.69) is 10.6 Å². The zero-order chi connectivity index (χ0) is 22.2. The molecule has 11 nitrogen and oxygen atoms in total. The van der Waals surface area contributed by atoms with Crippen molar-refractivity contribution in [1.29, 1.82) is 0 Å². The number of carbonyl (C=O) groups is 3. The topological polar surface area (TPSA) is 146 Å². The number of rotatable bonds is 9. The molecule has 1 heterocycles. The highest BCUT2D eigenvalue weighted by atomic mass is 16.7. The van der Waals surface area contributed by atoms with Crippen LogP contribution < -0.4 is 20.1 Å². The van der Waals surface area contributed by atoms with Crippen LogP contribution in [0.2, 0.25) is 0 Å². The Morgan fingerprint density at radius 3 is 2.52 bits per heavy atom. The molecule has 0 radical (unpaired) electrons. The van der Waals surface area contributed by atoms with Crippen molar-refractivity contribution in [2.24, 2.45) is 0 Å². The van der Waals surface area contributed by atoms with Crippen molar-refractivity contribution in [3.63, 3.8) is 0 Å². The second-order valence-electron chi connectivity index (χ2n) is 6.43. The molecule has 162 valence electrons. The van der Waals surface area contributed by atoms with Gasteiger partial charge in [0.25, 0.3) is 17.5 Å². The summed E-state index contributed by atoms with van der Waals surface area (Å²) in [4.78, 5) is 45.6. The molecule has 2 aromatic carbocycles. The van der Waals surface area contributed by atoms with Crippen LogP contribution in [0.4, 0.5) is 5.69 Å². The molecule has 1 aliphatic rings. The van der Waals surface area contributed by atoms with Crippen molar-refractivity contribution in [3.05, 3.63) is 63.7 Å². The minimum Gasteiger partial charge on any atom is -0.456 e. The van der Waals surface area contributed by atoms with Crippen molar-refractivity contribution >= 4 is 23.5 Å². The van der Waals surface area contributed by atoms with Crippen LogP contribution in [0.15, 0.2) is 42.5 Å². The lowest BCUT2D eigenvalue weighted by molar-refractivity contribution is -0.384. The van der Waals surface area contributed by atoms with Crippen LogP contribution in [-0.2, 0) is 20.9 Å². The fraction of sp³-hybridized carbons (Fsp3) is 0.250. The first kappa shape index (κ1) is 21.6. The van der Waals surface area contributed by atoms with Gasteiger partial charge in [0, 0.05) is 30.8 Å². The minimum absolute atomic E-state index is 0.00648. The Hall–Kier alpha value is -4.15. The third-order valence-electron chi connectivity index (χ3n) is 4.25. The second kappa shape index (κ2) is 10.1.